The number of halogens is 1. The Hall–Kier alpha value is -5.08. The Kier molecular flexibility index (Phi) is 8.78. The topological polar surface area (TPSA) is 107 Å². The highest BCUT2D eigenvalue weighted by Gasteiger charge is 2.38. The second kappa shape index (κ2) is 12.8. The first-order valence-electron chi connectivity index (χ1n) is 13.5. The molecule has 43 heavy (non-hydrogen) atoms. The molecule has 0 radical (unpaired) electrons. The normalized spacial score (nSPS) is 14.3. The fourth-order valence-electron chi connectivity index (χ4n) is 4.67. The predicted molar refractivity (Wildman–Crippen MR) is 160 cm³/mol. The van der Waals surface area contributed by atoms with Crippen molar-refractivity contribution in [3.05, 3.63) is 130 Å². The molecule has 1 fully saturated rings. The van der Waals surface area contributed by atoms with E-state index in [1.54, 1.807) is 66.7 Å². The van der Waals surface area contributed by atoms with Gasteiger partial charge in [0, 0.05) is 34.7 Å². The number of amides is 1. The van der Waals surface area contributed by atoms with Crippen molar-refractivity contribution in [3.63, 3.8) is 0 Å². The minimum Gasteiger partial charge on any atom is -0.457 e. The van der Waals surface area contributed by atoms with E-state index in [0.29, 0.717) is 21.8 Å². The van der Waals surface area contributed by atoms with Crippen LogP contribution < -0.4 is 9.64 Å². The molecule has 4 aromatic rings. The molecular formula is C34H26ClNO7. The molecule has 1 saturated heterocycles. The quantitative estimate of drug-likeness (QED) is 0.135. The Balaban J connectivity index is 1.18. The van der Waals surface area contributed by atoms with Crippen molar-refractivity contribution >= 4 is 46.7 Å². The molecule has 1 aliphatic rings. The predicted octanol–water partition coefficient (Wildman–Crippen LogP) is 5.88. The maximum Gasteiger partial charge on any atom is 0.343 e. The zero-order chi connectivity index (χ0) is 30.5. The average molecular weight is 596 g/mol. The lowest BCUT2D eigenvalue weighted by atomic mass is 10.0. The van der Waals surface area contributed by atoms with E-state index < -0.39 is 30.2 Å². The van der Waals surface area contributed by atoms with Crippen molar-refractivity contribution in [2.75, 3.05) is 18.1 Å². The molecule has 0 N–H and O–H groups in total. The molecule has 1 heterocycles. The van der Waals surface area contributed by atoms with Crippen LogP contribution in [0.3, 0.4) is 0 Å². The third-order valence-electron chi connectivity index (χ3n) is 7.01. The third-order valence-corrected chi connectivity index (χ3v) is 7.24. The van der Waals surface area contributed by atoms with Crippen LogP contribution in [0, 0.1) is 12.8 Å². The molecule has 9 heteroatoms. The van der Waals surface area contributed by atoms with Gasteiger partial charge < -0.3 is 14.4 Å². The van der Waals surface area contributed by atoms with Crippen molar-refractivity contribution < 1.29 is 33.4 Å². The second-order valence-electron chi connectivity index (χ2n) is 10.1. The Bertz CT molecular complexity index is 1700. The number of benzene rings is 4. The van der Waals surface area contributed by atoms with E-state index >= 15 is 0 Å². The highest BCUT2D eigenvalue weighted by Crippen LogP contribution is 2.32. The molecule has 5 rings (SSSR count). The summed E-state index contributed by atoms with van der Waals surface area (Å²) in [4.78, 5) is 65.3. The van der Waals surface area contributed by atoms with E-state index in [2.05, 4.69) is 0 Å². The Labute approximate surface area is 252 Å². The fourth-order valence-corrected chi connectivity index (χ4v) is 4.84. The summed E-state index contributed by atoms with van der Waals surface area (Å²) in [6.07, 6.45) is -0.129. The zero-order valence-electron chi connectivity index (χ0n) is 23.1. The van der Waals surface area contributed by atoms with Gasteiger partial charge in [0.2, 0.25) is 5.91 Å². The van der Waals surface area contributed by atoms with Gasteiger partial charge in [-0.2, -0.15) is 0 Å². The van der Waals surface area contributed by atoms with Gasteiger partial charge in [0.25, 0.3) is 0 Å². The number of hydrogen-bond acceptors (Lipinski definition) is 7. The summed E-state index contributed by atoms with van der Waals surface area (Å²) in [6.45, 7) is 1.38. The minimum absolute atomic E-state index is 0.0103. The molecule has 216 valence electrons. The summed E-state index contributed by atoms with van der Waals surface area (Å²) in [5.41, 5.74) is 2.70. The summed E-state index contributed by atoms with van der Waals surface area (Å²) in [5, 5.41) is 0.335. The monoisotopic (exact) mass is 595 g/mol. The number of aryl methyl sites for hydroxylation is 1. The van der Waals surface area contributed by atoms with Crippen LogP contribution in [0.15, 0.2) is 97.1 Å². The number of ether oxygens (including phenoxy) is 2. The van der Waals surface area contributed by atoms with Gasteiger partial charge in [-0.3, -0.25) is 19.2 Å². The van der Waals surface area contributed by atoms with Gasteiger partial charge >= 0.3 is 11.9 Å². The van der Waals surface area contributed by atoms with Crippen LogP contribution in [0.4, 0.5) is 5.69 Å². The van der Waals surface area contributed by atoms with Crippen LogP contribution in [-0.4, -0.2) is 42.6 Å². The molecule has 1 amide bonds. The van der Waals surface area contributed by atoms with Crippen molar-refractivity contribution in [3.8, 4) is 5.75 Å². The van der Waals surface area contributed by atoms with E-state index in [0.717, 1.165) is 5.56 Å². The smallest absolute Gasteiger partial charge is 0.343 e. The van der Waals surface area contributed by atoms with Crippen LogP contribution >= 0.6 is 11.6 Å². The average Bonchev–Trinajstić information content (AvgIpc) is 3.41. The van der Waals surface area contributed by atoms with E-state index in [1.807, 2.05) is 6.92 Å². The second-order valence-corrected chi connectivity index (χ2v) is 10.5. The van der Waals surface area contributed by atoms with Gasteiger partial charge in [-0.1, -0.05) is 59.6 Å². The number of esters is 2. The number of hydrogen-bond donors (Lipinski definition) is 0. The van der Waals surface area contributed by atoms with Crippen LogP contribution in [-0.2, 0) is 14.3 Å². The summed E-state index contributed by atoms with van der Waals surface area (Å²) in [6, 6.07) is 26.1. The minimum atomic E-state index is -0.820. The molecule has 1 aliphatic heterocycles. The van der Waals surface area contributed by atoms with Gasteiger partial charge in [0.15, 0.2) is 18.2 Å². The van der Waals surface area contributed by atoms with Crippen molar-refractivity contribution in [2.45, 2.75) is 13.3 Å². The highest BCUT2D eigenvalue weighted by atomic mass is 35.5. The van der Waals surface area contributed by atoms with E-state index in [9.17, 15) is 24.0 Å². The molecule has 0 unspecified atom stereocenters. The first kappa shape index (κ1) is 29.4. The summed E-state index contributed by atoms with van der Waals surface area (Å²) >= 11 is 6.17. The lowest BCUT2D eigenvalue weighted by Gasteiger charge is -2.20. The van der Waals surface area contributed by atoms with Gasteiger partial charge in [-0.15, -0.1) is 0 Å². The Morgan fingerprint density at radius 1 is 0.837 bits per heavy atom. The van der Waals surface area contributed by atoms with Crippen LogP contribution in [0.2, 0.25) is 5.02 Å². The van der Waals surface area contributed by atoms with Crippen molar-refractivity contribution in [1.82, 2.24) is 0 Å². The molecule has 0 aliphatic carbocycles. The van der Waals surface area contributed by atoms with Gasteiger partial charge in [-0.25, -0.2) is 4.79 Å². The van der Waals surface area contributed by atoms with Gasteiger partial charge in [-0.05, 0) is 61.5 Å². The number of rotatable bonds is 9. The maximum atomic E-state index is 13.2. The van der Waals surface area contributed by atoms with E-state index in [1.165, 1.54) is 35.2 Å². The molecule has 0 aromatic heterocycles. The molecule has 0 spiro atoms. The van der Waals surface area contributed by atoms with Crippen LogP contribution in [0.5, 0.6) is 5.75 Å². The van der Waals surface area contributed by atoms with Crippen LogP contribution in [0.1, 0.15) is 48.6 Å². The van der Waals surface area contributed by atoms with E-state index in [4.69, 9.17) is 21.1 Å². The number of anilines is 1. The number of nitrogens with zero attached hydrogens (tertiary/aromatic N) is 1. The van der Waals surface area contributed by atoms with E-state index in [-0.39, 0.29) is 41.5 Å². The molecule has 8 nitrogen and oxygen atoms in total. The lowest BCUT2D eigenvalue weighted by molar-refractivity contribution is -0.147. The number of carbonyl (C=O) groups excluding carboxylic acids is 5. The molecule has 0 saturated carbocycles. The SMILES string of the molecule is Cc1ccc(C(=O)Oc2ccc(C(=O)COC(=O)[C@@H]3CC(=O)N(c4ccc(Cl)cc4C(=O)c4ccccc4)C3)cc2)cc1. The first-order valence-corrected chi connectivity index (χ1v) is 13.9. The standard InChI is InChI=1S/C34H26ClNO7/c1-21-7-9-24(10-8-21)34(41)43-27-14-11-22(12-15-27)30(37)20-42-33(40)25-17-31(38)36(19-25)29-16-13-26(35)18-28(29)32(39)23-5-3-2-4-6-23/h2-16,18,25H,17,19-20H2,1H3/t25-/m1/s1. The summed E-state index contributed by atoms with van der Waals surface area (Å²) in [7, 11) is 0. The first-order chi connectivity index (χ1) is 20.7. The largest absolute Gasteiger partial charge is 0.457 e. The molecule has 0 bridgehead atoms. The summed E-state index contributed by atoms with van der Waals surface area (Å²) < 4.78 is 10.6. The molecular weight excluding hydrogens is 570 g/mol. The van der Waals surface area contributed by atoms with Crippen LogP contribution in [0.25, 0.3) is 0 Å². The van der Waals surface area contributed by atoms with Crippen molar-refractivity contribution in [1.29, 1.82) is 0 Å². The van der Waals surface area contributed by atoms with Crippen molar-refractivity contribution in [2.24, 2.45) is 5.92 Å². The highest BCUT2D eigenvalue weighted by molar-refractivity contribution is 6.31. The number of Topliss-reactive ketones (excluding diaryl/α,β-unsaturated/α-hetero) is 1. The Morgan fingerprint density at radius 2 is 1.51 bits per heavy atom. The Morgan fingerprint density at radius 3 is 2.21 bits per heavy atom. The number of ketones is 2. The lowest BCUT2D eigenvalue weighted by Crippen LogP contribution is -2.28. The van der Waals surface area contributed by atoms with Gasteiger partial charge in [0.05, 0.1) is 17.2 Å². The zero-order valence-corrected chi connectivity index (χ0v) is 23.9. The van der Waals surface area contributed by atoms with Gasteiger partial charge in [0.1, 0.15) is 5.75 Å². The molecule has 1 atom stereocenters. The maximum absolute atomic E-state index is 13.2. The third kappa shape index (κ3) is 6.88. The number of carbonyl (C=O) groups is 5. The fraction of sp³-hybridized carbons (Fsp3) is 0.147. The summed E-state index contributed by atoms with van der Waals surface area (Å²) in [5.74, 6) is -2.90. The molecule has 4 aromatic carbocycles.